The number of hydrogen-bond acceptors (Lipinski definition) is 7. The van der Waals surface area contributed by atoms with Gasteiger partial charge in [-0.2, -0.15) is 9.97 Å². The number of rotatable bonds is 3. The van der Waals surface area contributed by atoms with Crippen LogP contribution in [-0.4, -0.2) is 31.5 Å². The van der Waals surface area contributed by atoms with Crippen molar-refractivity contribution in [2.24, 2.45) is 0 Å². The fourth-order valence-corrected chi connectivity index (χ4v) is 2.62. The molecule has 0 bridgehead atoms. The second-order valence-corrected chi connectivity index (χ2v) is 5.91. The Kier molecular flexibility index (Phi) is 4.16. The Bertz CT molecular complexity index is 857. The van der Waals surface area contributed by atoms with Crippen LogP contribution in [0.4, 0.5) is 5.95 Å². The zero-order valence-corrected chi connectivity index (χ0v) is 14.6. The van der Waals surface area contributed by atoms with Gasteiger partial charge in [-0.1, -0.05) is 0 Å². The van der Waals surface area contributed by atoms with Crippen molar-refractivity contribution in [2.45, 2.75) is 6.92 Å². The van der Waals surface area contributed by atoms with Crippen molar-refractivity contribution in [1.82, 2.24) is 24.9 Å². The summed E-state index contributed by atoms with van der Waals surface area (Å²) in [6.07, 6.45) is 3.30. The summed E-state index contributed by atoms with van der Waals surface area (Å²) in [6, 6.07) is 1.89. The molecule has 7 nitrogen and oxygen atoms in total. The van der Waals surface area contributed by atoms with E-state index in [1.807, 2.05) is 13.0 Å². The van der Waals surface area contributed by atoms with E-state index >= 15 is 0 Å². The second-order valence-electron chi connectivity index (χ2n) is 4.24. The number of nitrogens with two attached hydrogens (primary N) is 1. The molecule has 0 amide bonds. The van der Waals surface area contributed by atoms with Crippen LogP contribution >= 0.6 is 31.9 Å². The SMILES string of the molecule is CCOc1nc(N)nc2ncc(-c3cc(Br)cnc3Br)nc12. The summed E-state index contributed by atoms with van der Waals surface area (Å²) in [6.45, 7) is 2.30. The first-order chi connectivity index (χ1) is 10.6. The van der Waals surface area contributed by atoms with Crippen molar-refractivity contribution >= 4 is 49.0 Å². The third-order valence-electron chi connectivity index (χ3n) is 2.76. The number of aromatic nitrogens is 5. The molecule has 0 aromatic carbocycles. The molecular weight excluding hydrogens is 416 g/mol. The van der Waals surface area contributed by atoms with Gasteiger partial charge in [0, 0.05) is 16.2 Å². The number of halogens is 2. The van der Waals surface area contributed by atoms with E-state index in [2.05, 4.69) is 56.8 Å². The van der Waals surface area contributed by atoms with Gasteiger partial charge in [0.1, 0.15) is 4.60 Å². The fraction of sp³-hybridized carbons (Fsp3) is 0.154. The second kappa shape index (κ2) is 6.09. The zero-order valence-electron chi connectivity index (χ0n) is 11.4. The molecule has 0 spiro atoms. The van der Waals surface area contributed by atoms with E-state index in [9.17, 15) is 0 Å². The van der Waals surface area contributed by atoms with Gasteiger partial charge in [0.2, 0.25) is 11.8 Å². The van der Waals surface area contributed by atoms with Gasteiger partial charge >= 0.3 is 0 Å². The third-order valence-corrected chi connectivity index (χ3v) is 3.82. The molecule has 3 heterocycles. The molecule has 0 aliphatic rings. The van der Waals surface area contributed by atoms with Crippen LogP contribution in [0.3, 0.4) is 0 Å². The number of hydrogen-bond donors (Lipinski definition) is 1. The minimum absolute atomic E-state index is 0.100. The Labute approximate surface area is 142 Å². The molecule has 22 heavy (non-hydrogen) atoms. The molecule has 0 atom stereocenters. The highest BCUT2D eigenvalue weighted by atomic mass is 79.9. The predicted molar refractivity (Wildman–Crippen MR) is 89.3 cm³/mol. The topological polar surface area (TPSA) is 99.7 Å². The van der Waals surface area contributed by atoms with Crippen LogP contribution in [0.15, 0.2) is 27.5 Å². The minimum atomic E-state index is 0.100. The predicted octanol–water partition coefficient (Wildman–Crippen LogP) is 2.99. The first-order valence-electron chi connectivity index (χ1n) is 6.33. The van der Waals surface area contributed by atoms with Crippen molar-refractivity contribution in [3.05, 3.63) is 27.5 Å². The average molecular weight is 426 g/mol. The number of fused-ring (bicyclic) bond motifs is 1. The number of ether oxygens (including phenoxy) is 1. The number of nitrogens with zero attached hydrogens (tertiary/aromatic N) is 5. The summed E-state index contributed by atoms with van der Waals surface area (Å²) < 4.78 is 6.98. The Balaban J connectivity index is 2.22. The lowest BCUT2D eigenvalue weighted by atomic mass is 10.2. The van der Waals surface area contributed by atoms with Gasteiger partial charge in [-0.05, 0) is 44.8 Å². The monoisotopic (exact) mass is 424 g/mol. The maximum atomic E-state index is 5.65. The number of nitrogen functional groups attached to an aromatic ring is 1. The van der Waals surface area contributed by atoms with E-state index in [0.717, 1.165) is 10.0 Å². The summed E-state index contributed by atoms with van der Waals surface area (Å²) in [5.41, 5.74) is 7.92. The molecule has 3 aromatic rings. The highest BCUT2D eigenvalue weighted by Gasteiger charge is 2.14. The van der Waals surface area contributed by atoms with Crippen LogP contribution in [0.2, 0.25) is 0 Å². The zero-order chi connectivity index (χ0) is 15.7. The first kappa shape index (κ1) is 15.0. The molecule has 0 aliphatic carbocycles. The molecule has 0 saturated carbocycles. The number of pyridine rings is 1. The maximum absolute atomic E-state index is 5.65. The lowest BCUT2D eigenvalue weighted by Gasteiger charge is -2.08. The summed E-state index contributed by atoms with van der Waals surface area (Å²) in [7, 11) is 0. The normalized spacial score (nSPS) is 10.9. The molecule has 3 aromatic heterocycles. The van der Waals surface area contributed by atoms with Crippen LogP contribution in [-0.2, 0) is 0 Å². The van der Waals surface area contributed by atoms with Crippen molar-refractivity contribution in [2.75, 3.05) is 12.3 Å². The Hall–Kier alpha value is -1.87. The molecule has 9 heteroatoms. The van der Waals surface area contributed by atoms with Crippen molar-refractivity contribution in [3.8, 4) is 17.1 Å². The lowest BCUT2D eigenvalue weighted by Crippen LogP contribution is -2.04. The standard InChI is InChI=1S/C13H10Br2N6O/c1-2-22-12-9-11(20-13(16)21-12)18-5-8(19-9)7-3-6(14)4-17-10(7)15/h3-5H,2H2,1H3,(H2,16,18,20,21). The summed E-state index contributed by atoms with van der Waals surface area (Å²) in [5.74, 6) is 0.418. The lowest BCUT2D eigenvalue weighted by molar-refractivity contribution is 0.330. The van der Waals surface area contributed by atoms with E-state index in [4.69, 9.17) is 10.5 Å². The Morgan fingerprint density at radius 2 is 1.95 bits per heavy atom. The molecule has 3 rings (SSSR count). The van der Waals surface area contributed by atoms with Crippen molar-refractivity contribution in [3.63, 3.8) is 0 Å². The quantitative estimate of drug-likeness (QED) is 0.643. The molecule has 0 saturated heterocycles. The van der Waals surface area contributed by atoms with Gasteiger partial charge < -0.3 is 10.5 Å². The molecule has 0 fully saturated rings. The smallest absolute Gasteiger partial charge is 0.247 e. The third kappa shape index (κ3) is 2.86. The molecule has 112 valence electrons. The van der Waals surface area contributed by atoms with E-state index in [0.29, 0.717) is 33.9 Å². The van der Waals surface area contributed by atoms with Crippen molar-refractivity contribution in [1.29, 1.82) is 0 Å². The molecular formula is C13H10Br2N6O. The largest absolute Gasteiger partial charge is 0.476 e. The van der Waals surface area contributed by atoms with Gasteiger partial charge in [-0.25, -0.2) is 15.0 Å². The Morgan fingerprint density at radius 3 is 2.73 bits per heavy atom. The number of anilines is 1. The summed E-state index contributed by atoms with van der Waals surface area (Å²) in [5, 5.41) is 0. The van der Waals surface area contributed by atoms with E-state index in [1.54, 1.807) is 12.4 Å². The van der Waals surface area contributed by atoms with Crippen LogP contribution in [0.1, 0.15) is 6.92 Å². The van der Waals surface area contributed by atoms with Gasteiger partial charge in [-0.15, -0.1) is 0 Å². The molecule has 2 N–H and O–H groups in total. The van der Waals surface area contributed by atoms with Crippen LogP contribution < -0.4 is 10.5 Å². The minimum Gasteiger partial charge on any atom is -0.476 e. The molecule has 0 unspecified atom stereocenters. The average Bonchev–Trinajstić information content (AvgIpc) is 2.49. The van der Waals surface area contributed by atoms with Crippen LogP contribution in [0.25, 0.3) is 22.4 Å². The van der Waals surface area contributed by atoms with E-state index in [-0.39, 0.29) is 5.95 Å². The van der Waals surface area contributed by atoms with Gasteiger partial charge in [0.05, 0.1) is 18.5 Å². The summed E-state index contributed by atoms with van der Waals surface area (Å²) in [4.78, 5) is 21.2. The highest BCUT2D eigenvalue weighted by Crippen LogP contribution is 2.29. The Morgan fingerprint density at radius 1 is 1.14 bits per heavy atom. The summed E-state index contributed by atoms with van der Waals surface area (Å²) >= 11 is 6.80. The molecule has 0 radical (unpaired) electrons. The van der Waals surface area contributed by atoms with Gasteiger partial charge in [0.15, 0.2) is 11.2 Å². The van der Waals surface area contributed by atoms with E-state index in [1.165, 1.54) is 0 Å². The van der Waals surface area contributed by atoms with E-state index < -0.39 is 0 Å². The first-order valence-corrected chi connectivity index (χ1v) is 7.91. The van der Waals surface area contributed by atoms with Gasteiger partial charge in [0.25, 0.3) is 0 Å². The van der Waals surface area contributed by atoms with Gasteiger partial charge in [-0.3, -0.25) is 0 Å². The maximum Gasteiger partial charge on any atom is 0.247 e. The highest BCUT2D eigenvalue weighted by molar-refractivity contribution is 9.11. The molecule has 0 aliphatic heterocycles. The van der Waals surface area contributed by atoms with Crippen LogP contribution in [0.5, 0.6) is 5.88 Å². The van der Waals surface area contributed by atoms with Crippen molar-refractivity contribution < 1.29 is 4.74 Å². The van der Waals surface area contributed by atoms with Crippen LogP contribution in [0, 0.1) is 0 Å². The fourth-order valence-electron chi connectivity index (χ4n) is 1.87.